The maximum Gasteiger partial charge on any atom is 0.0653 e. The van der Waals surface area contributed by atoms with Crippen molar-refractivity contribution in [2.45, 2.75) is 25.8 Å². The van der Waals surface area contributed by atoms with Crippen LogP contribution in [0.15, 0.2) is 48.7 Å². The highest BCUT2D eigenvalue weighted by atomic mass is 15.1. The number of fused-ring (bicyclic) bond motifs is 1. The van der Waals surface area contributed by atoms with Gasteiger partial charge in [0.15, 0.2) is 0 Å². The molecule has 1 saturated heterocycles. The van der Waals surface area contributed by atoms with E-state index in [1.165, 1.54) is 35.0 Å². The number of aromatic nitrogens is 2. The Labute approximate surface area is 131 Å². The number of benzene rings is 2. The highest BCUT2D eigenvalue weighted by Crippen LogP contribution is 2.30. The molecular formula is C19H21N3. The topological polar surface area (TPSA) is 31.9 Å². The SMILES string of the molecule is Cc1ccccc1C1CCN(Cc2ccc3cn[nH]c3c2)C1. The zero-order valence-electron chi connectivity index (χ0n) is 12.9. The Morgan fingerprint density at radius 2 is 2.14 bits per heavy atom. The molecular weight excluding hydrogens is 270 g/mol. The molecule has 1 aliphatic rings. The zero-order valence-corrected chi connectivity index (χ0v) is 12.9. The quantitative estimate of drug-likeness (QED) is 0.794. The van der Waals surface area contributed by atoms with Gasteiger partial charge >= 0.3 is 0 Å². The summed E-state index contributed by atoms with van der Waals surface area (Å²) in [7, 11) is 0. The summed E-state index contributed by atoms with van der Waals surface area (Å²) in [5.41, 5.74) is 5.44. The van der Waals surface area contributed by atoms with E-state index in [1.807, 2.05) is 6.20 Å². The monoisotopic (exact) mass is 291 g/mol. The fraction of sp³-hybridized carbons (Fsp3) is 0.316. The number of likely N-dealkylation sites (tertiary alicyclic amines) is 1. The number of aryl methyl sites for hydroxylation is 1. The average molecular weight is 291 g/mol. The van der Waals surface area contributed by atoms with E-state index in [2.05, 4.69) is 64.5 Å². The first kappa shape index (κ1) is 13.5. The van der Waals surface area contributed by atoms with Crippen LogP contribution in [0, 0.1) is 6.92 Å². The number of hydrogen-bond donors (Lipinski definition) is 1. The van der Waals surface area contributed by atoms with E-state index in [-0.39, 0.29) is 0 Å². The van der Waals surface area contributed by atoms with Gasteiger partial charge in [0.05, 0.1) is 11.7 Å². The van der Waals surface area contributed by atoms with Crippen molar-refractivity contribution in [2.75, 3.05) is 13.1 Å². The highest BCUT2D eigenvalue weighted by molar-refractivity contribution is 5.78. The summed E-state index contributed by atoms with van der Waals surface area (Å²) in [4.78, 5) is 2.56. The zero-order chi connectivity index (χ0) is 14.9. The van der Waals surface area contributed by atoms with Gasteiger partial charge in [-0.3, -0.25) is 10.00 Å². The second kappa shape index (κ2) is 5.58. The van der Waals surface area contributed by atoms with E-state index in [0.29, 0.717) is 5.92 Å². The summed E-state index contributed by atoms with van der Waals surface area (Å²) < 4.78 is 0. The summed E-state index contributed by atoms with van der Waals surface area (Å²) in [6.07, 6.45) is 3.14. The van der Waals surface area contributed by atoms with Crippen molar-refractivity contribution in [3.63, 3.8) is 0 Å². The van der Waals surface area contributed by atoms with Crippen LogP contribution in [0.25, 0.3) is 10.9 Å². The van der Waals surface area contributed by atoms with Gasteiger partial charge in [-0.15, -0.1) is 0 Å². The number of hydrogen-bond acceptors (Lipinski definition) is 2. The van der Waals surface area contributed by atoms with E-state index in [9.17, 15) is 0 Å². The number of rotatable bonds is 3. The van der Waals surface area contributed by atoms with Crippen molar-refractivity contribution in [1.82, 2.24) is 15.1 Å². The number of nitrogens with zero attached hydrogens (tertiary/aromatic N) is 2. The molecule has 22 heavy (non-hydrogen) atoms. The molecule has 1 aliphatic heterocycles. The van der Waals surface area contributed by atoms with E-state index < -0.39 is 0 Å². The van der Waals surface area contributed by atoms with Crippen molar-refractivity contribution >= 4 is 10.9 Å². The van der Waals surface area contributed by atoms with E-state index in [1.54, 1.807) is 0 Å². The van der Waals surface area contributed by atoms with Crippen LogP contribution in [0.5, 0.6) is 0 Å². The Morgan fingerprint density at radius 3 is 3.05 bits per heavy atom. The predicted octanol–water partition coefficient (Wildman–Crippen LogP) is 3.86. The molecule has 0 amide bonds. The maximum absolute atomic E-state index is 4.10. The van der Waals surface area contributed by atoms with Gasteiger partial charge in [0, 0.05) is 18.5 Å². The highest BCUT2D eigenvalue weighted by Gasteiger charge is 2.24. The standard InChI is InChI=1S/C19H21N3/c1-14-4-2-3-5-18(14)17-8-9-22(13-17)12-15-6-7-16-11-20-21-19(16)10-15/h2-7,10-11,17H,8-9,12-13H2,1H3,(H,20,21). The van der Waals surface area contributed by atoms with Crippen LogP contribution in [-0.2, 0) is 6.54 Å². The molecule has 1 N–H and O–H groups in total. The number of H-pyrrole nitrogens is 1. The summed E-state index contributed by atoms with van der Waals surface area (Å²) in [5.74, 6) is 0.678. The minimum atomic E-state index is 0.678. The van der Waals surface area contributed by atoms with E-state index in [4.69, 9.17) is 0 Å². The third kappa shape index (κ3) is 2.53. The van der Waals surface area contributed by atoms with Gasteiger partial charge in [-0.2, -0.15) is 5.10 Å². The van der Waals surface area contributed by atoms with Gasteiger partial charge in [0.25, 0.3) is 0 Å². The molecule has 0 aliphatic carbocycles. The second-order valence-electron chi connectivity index (χ2n) is 6.37. The lowest BCUT2D eigenvalue weighted by atomic mass is 9.94. The van der Waals surface area contributed by atoms with E-state index >= 15 is 0 Å². The van der Waals surface area contributed by atoms with Gasteiger partial charge in [-0.25, -0.2) is 0 Å². The van der Waals surface area contributed by atoms with Crippen LogP contribution in [0.3, 0.4) is 0 Å². The lowest BCUT2D eigenvalue weighted by molar-refractivity contribution is 0.327. The molecule has 0 spiro atoms. The smallest absolute Gasteiger partial charge is 0.0653 e. The van der Waals surface area contributed by atoms with Gasteiger partial charge < -0.3 is 0 Å². The normalized spacial score (nSPS) is 19.0. The van der Waals surface area contributed by atoms with Gasteiger partial charge in [0.1, 0.15) is 0 Å². The van der Waals surface area contributed by atoms with Crippen molar-refractivity contribution in [2.24, 2.45) is 0 Å². The molecule has 0 saturated carbocycles. The first-order valence-electron chi connectivity index (χ1n) is 7.99. The van der Waals surface area contributed by atoms with Crippen molar-refractivity contribution in [3.05, 3.63) is 65.4 Å². The fourth-order valence-corrected chi connectivity index (χ4v) is 3.62. The summed E-state index contributed by atoms with van der Waals surface area (Å²) in [5, 5.41) is 8.34. The molecule has 2 heterocycles. The molecule has 1 aromatic heterocycles. The van der Waals surface area contributed by atoms with Crippen LogP contribution in [0.2, 0.25) is 0 Å². The lowest BCUT2D eigenvalue weighted by Crippen LogP contribution is -2.19. The van der Waals surface area contributed by atoms with Crippen LogP contribution < -0.4 is 0 Å². The largest absolute Gasteiger partial charge is 0.298 e. The first-order valence-corrected chi connectivity index (χ1v) is 7.99. The third-order valence-electron chi connectivity index (χ3n) is 4.81. The fourth-order valence-electron chi connectivity index (χ4n) is 3.62. The van der Waals surface area contributed by atoms with Crippen LogP contribution in [0.4, 0.5) is 0 Å². The van der Waals surface area contributed by atoms with Crippen molar-refractivity contribution in [3.8, 4) is 0 Å². The molecule has 2 aromatic carbocycles. The Balaban J connectivity index is 1.47. The molecule has 112 valence electrons. The second-order valence-corrected chi connectivity index (χ2v) is 6.37. The lowest BCUT2D eigenvalue weighted by Gasteiger charge is -2.17. The molecule has 0 bridgehead atoms. The number of aromatic amines is 1. The average Bonchev–Trinajstić information content (AvgIpc) is 3.16. The molecule has 1 atom stereocenters. The number of nitrogens with one attached hydrogen (secondary N) is 1. The molecule has 1 fully saturated rings. The van der Waals surface area contributed by atoms with Gasteiger partial charge in [0.2, 0.25) is 0 Å². The predicted molar refractivity (Wildman–Crippen MR) is 89.9 cm³/mol. The van der Waals surface area contributed by atoms with Crippen molar-refractivity contribution < 1.29 is 0 Å². The molecule has 3 heteroatoms. The Hall–Kier alpha value is -2.13. The van der Waals surface area contributed by atoms with Crippen LogP contribution in [-0.4, -0.2) is 28.2 Å². The summed E-state index contributed by atoms with van der Waals surface area (Å²) >= 11 is 0. The molecule has 3 nitrogen and oxygen atoms in total. The van der Waals surface area contributed by atoms with Crippen molar-refractivity contribution in [1.29, 1.82) is 0 Å². The van der Waals surface area contributed by atoms with Crippen LogP contribution in [0.1, 0.15) is 29.0 Å². The Morgan fingerprint density at radius 1 is 1.23 bits per heavy atom. The third-order valence-corrected chi connectivity index (χ3v) is 4.81. The molecule has 3 aromatic rings. The van der Waals surface area contributed by atoms with Gasteiger partial charge in [-0.1, -0.05) is 36.4 Å². The first-order chi connectivity index (χ1) is 10.8. The molecule has 1 unspecified atom stereocenters. The van der Waals surface area contributed by atoms with E-state index in [0.717, 1.165) is 18.6 Å². The molecule has 0 radical (unpaired) electrons. The van der Waals surface area contributed by atoms with Crippen LogP contribution >= 0.6 is 0 Å². The Kier molecular flexibility index (Phi) is 3.43. The summed E-state index contributed by atoms with van der Waals surface area (Å²) in [6.45, 7) is 5.59. The molecule has 4 rings (SSSR count). The Bertz CT molecular complexity index is 790. The minimum Gasteiger partial charge on any atom is -0.298 e. The minimum absolute atomic E-state index is 0.678. The summed E-state index contributed by atoms with van der Waals surface area (Å²) in [6, 6.07) is 15.4. The van der Waals surface area contributed by atoms with Gasteiger partial charge in [-0.05, 0) is 48.6 Å². The maximum atomic E-state index is 4.10.